The lowest BCUT2D eigenvalue weighted by molar-refractivity contribution is 0.455. The highest BCUT2D eigenvalue weighted by Crippen LogP contribution is 2.38. The summed E-state index contributed by atoms with van der Waals surface area (Å²) in [4.78, 5) is 5.74. The first-order valence-electron chi connectivity index (χ1n) is 9.70. The average Bonchev–Trinajstić information content (AvgIpc) is 3.12. The molecule has 148 valence electrons. The zero-order valence-corrected chi connectivity index (χ0v) is 17.6. The number of thiophene rings is 1. The van der Waals surface area contributed by atoms with Crippen molar-refractivity contribution in [3.05, 3.63) is 88.3 Å². The second-order valence-corrected chi connectivity index (χ2v) is 8.89. The number of rotatable bonds is 5. The van der Waals surface area contributed by atoms with Crippen molar-refractivity contribution in [2.24, 2.45) is 11.1 Å². The molecule has 0 amide bonds. The van der Waals surface area contributed by atoms with Gasteiger partial charge >= 0.3 is 0 Å². The van der Waals surface area contributed by atoms with Gasteiger partial charge in [-0.2, -0.15) is 0 Å². The van der Waals surface area contributed by atoms with Gasteiger partial charge in [-0.3, -0.25) is 0 Å². The Morgan fingerprint density at radius 2 is 2.03 bits per heavy atom. The molecule has 1 aliphatic heterocycles. The number of nitrogens with one attached hydrogen (secondary N) is 2. The molecule has 4 rings (SSSR count). The van der Waals surface area contributed by atoms with Crippen molar-refractivity contribution < 1.29 is 0 Å². The first-order chi connectivity index (χ1) is 13.9. The van der Waals surface area contributed by atoms with Crippen LogP contribution < -0.4 is 16.4 Å². The van der Waals surface area contributed by atoms with Crippen molar-refractivity contribution in [2.75, 3.05) is 17.2 Å². The van der Waals surface area contributed by atoms with Gasteiger partial charge in [-0.1, -0.05) is 49.9 Å². The number of fused-ring (bicyclic) bond motifs is 1. The summed E-state index contributed by atoms with van der Waals surface area (Å²) in [6, 6.07) is 14.6. The zero-order valence-electron chi connectivity index (χ0n) is 16.8. The van der Waals surface area contributed by atoms with Crippen molar-refractivity contribution in [2.45, 2.75) is 20.3 Å². The summed E-state index contributed by atoms with van der Waals surface area (Å²) in [7, 11) is 0. The Bertz CT molecular complexity index is 1050. The summed E-state index contributed by atoms with van der Waals surface area (Å²) in [5, 5.41) is 9.30. The molecule has 0 spiro atoms. The van der Waals surface area contributed by atoms with Gasteiger partial charge in [-0.15, -0.1) is 11.3 Å². The van der Waals surface area contributed by atoms with Gasteiger partial charge in [0.05, 0.1) is 16.3 Å². The minimum absolute atomic E-state index is 0.0625. The third-order valence-corrected chi connectivity index (χ3v) is 6.14. The van der Waals surface area contributed by atoms with E-state index in [0.717, 1.165) is 35.6 Å². The molecular weight excluding hydrogens is 376 g/mol. The fourth-order valence-corrected chi connectivity index (χ4v) is 4.45. The Kier molecular flexibility index (Phi) is 5.16. The van der Waals surface area contributed by atoms with Gasteiger partial charge in [0.15, 0.2) is 0 Å². The summed E-state index contributed by atoms with van der Waals surface area (Å²) >= 11 is 1.74. The summed E-state index contributed by atoms with van der Waals surface area (Å²) in [6.07, 6.45) is 5.15. The lowest BCUT2D eigenvalue weighted by Gasteiger charge is -2.26. The molecule has 0 fully saturated rings. The van der Waals surface area contributed by atoms with E-state index in [1.165, 1.54) is 16.1 Å². The maximum atomic E-state index is 5.81. The maximum Gasteiger partial charge on any atom is 0.130 e. The predicted molar refractivity (Wildman–Crippen MR) is 125 cm³/mol. The topological polar surface area (TPSA) is 63.0 Å². The number of aryl methyl sites for hydroxylation is 1. The van der Waals surface area contributed by atoms with E-state index >= 15 is 0 Å². The van der Waals surface area contributed by atoms with Crippen molar-refractivity contribution in [1.29, 1.82) is 0 Å². The Labute approximate surface area is 176 Å². The molecule has 0 saturated heterocycles. The summed E-state index contributed by atoms with van der Waals surface area (Å²) in [5.41, 5.74) is 12.0. The van der Waals surface area contributed by atoms with Gasteiger partial charge in [0.2, 0.25) is 0 Å². The smallest absolute Gasteiger partial charge is 0.130 e. The van der Waals surface area contributed by atoms with Gasteiger partial charge in [0, 0.05) is 23.9 Å². The molecule has 0 saturated carbocycles. The second-order valence-electron chi connectivity index (χ2n) is 7.97. The molecule has 4 nitrogen and oxygen atoms in total. The molecule has 0 bridgehead atoms. The first-order valence-corrected chi connectivity index (χ1v) is 10.6. The van der Waals surface area contributed by atoms with E-state index in [2.05, 4.69) is 64.8 Å². The molecule has 1 unspecified atom stereocenters. The third kappa shape index (κ3) is 4.35. The molecule has 3 heterocycles. The highest BCUT2D eigenvalue weighted by molar-refractivity contribution is 7.11. The zero-order chi connectivity index (χ0) is 20.4. The van der Waals surface area contributed by atoms with Crippen LogP contribution in [0.25, 0.3) is 11.4 Å². The summed E-state index contributed by atoms with van der Waals surface area (Å²) in [6.45, 7) is 9.01. The van der Waals surface area contributed by atoms with Crippen LogP contribution in [-0.2, 0) is 6.42 Å². The highest BCUT2D eigenvalue weighted by atomic mass is 32.1. The monoisotopic (exact) mass is 402 g/mol. The van der Waals surface area contributed by atoms with Crippen LogP contribution in [0, 0.1) is 12.3 Å². The molecule has 0 aliphatic carbocycles. The second kappa shape index (κ2) is 7.76. The Hall–Kier alpha value is -3.05. The SMILES string of the molecule is C=C(N)c1ccc(CC2(C)C=C(Nc3ccc(C)cn3)c3sccc3NC2)cc1. The number of anilines is 2. The third-order valence-electron chi connectivity index (χ3n) is 5.19. The molecule has 1 atom stereocenters. The van der Waals surface area contributed by atoms with Gasteiger partial charge in [-0.25, -0.2) is 4.98 Å². The number of nitrogens with two attached hydrogens (primary N) is 1. The van der Waals surface area contributed by atoms with Crippen molar-refractivity contribution >= 4 is 34.2 Å². The maximum absolute atomic E-state index is 5.81. The number of hydrogen-bond donors (Lipinski definition) is 3. The lowest BCUT2D eigenvalue weighted by atomic mass is 9.82. The lowest BCUT2D eigenvalue weighted by Crippen LogP contribution is -2.26. The number of pyridine rings is 1. The van der Waals surface area contributed by atoms with E-state index in [-0.39, 0.29) is 5.41 Å². The minimum Gasteiger partial charge on any atom is -0.399 e. The highest BCUT2D eigenvalue weighted by Gasteiger charge is 2.28. The molecule has 5 heteroatoms. The van der Waals surface area contributed by atoms with E-state index < -0.39 is 0 Å². The quantitative estimate of drug-likeness (QED) is 0.527. The standard InChI is InChI=1S/C24H26N4S/c1-16-4-9-22(26-14-16)28-21-13-24(3,15-27-20-10-11-29-23(20)21)12-18-5-7-19(8-6-18)17(2)25/h4-11,13-14,27H,2,12,15,25H2,1,3H3,(H,26,28). The minimum atomic E-state index is -0.0625. The molecule has 0 radical (unpaired) electrons. The number of nitrogens with zero attached hydrogens (tertiary/aromatic N) is 1. The fraction of sp³-hybridized carbons (Fsp3) is 0.208. The van der Waals surface area contributed by atoms with E-state index in [1.807, 2.05) is 31.3 Å². The van der Waals surface area contributed by atoms with Gasteiger partial charge in [0.25, 0.3) is 0 Å². The van der Waals surface area contributed by atoms with Crippen LogP contribution >= 0.6 is 11.3 Å². The summed E-state index contributed by atoms with van der Waals surface area (Å²) in [5.74, 6) is 0.858. The van der Waals surface area contributed by atoms with Crippen molar-refractivity contribution in [3.63, 3.8) is 0 Å². The largest absolute Gasteiger partial charge is 0.399 e. The Balaban J connectivity index is 1.64. The fourth-order valence-electron chi connectivity index (χ4n) is 3.61. The van der Waals surface area contributed by atoms with Crippen LogP contribution in [0.4, 0.5) is 11.5 Å². The van der Waals surface area contributed by atoms with Crippen LogP contribution in [0.15, 0.2) is 66.7 Å². The first kappa shape index (κ1) is 19.3. The van der Waals surface area contributed by atoms with Crippen molar-refractivity contribution in [1.82, 2.24) is 4.98 Å². The molecule has 1 aliphatic rings. The predicted octanol–water partition coefficient (Wildman–Crippen LogP) is 5.51. The van der Waals surface area contributed by atoms with E-state index in [0.29, 0.717) is 5.70 Å². The molecular formula is C24H26N4S. The normalized spacial score (nSPS) is 18.2. The molecule has 4 N–H and O–H groups in total. The van der Waals surface area contributed by atoms with Crippen LogP contribution in [0.1, 0.15) is 28.5 Å². The molecule has 1 aromatic carbocycles. The molecule has 29 heavy (non-hydrogen) atoms. The van der Waals surface area contributed by atoms with Crippen LogP contribution in [0.2, 0.25) is 0 Å². The van der Waals surface area contributed by atoms with Gasteiger partial charge in [-0.05, 0) is 47.5 Å². The summed E-state index contributed by atoms with van der Waals surface area (Å²) < 4.78 is 0. The van der Waals surface area contributed by atoms with E-state index in [1.54, 1.807) is 11.3 Å². The van der Waals surface area contributed by atoms with E-state index in [4.69, 9.17) is 5.73 Å². The van der Waals surface area contributed by atoms with Crippen LogP contribution in [0.3, 0.4) is 0 Å². The van der Waals surface area contributed by atoms with Crippen LogP contribution in [0.5, 0.6) is 0 Å². The number of aromatic nitrogens is 1. The van der Waals surface area contributed by atoms with Crippen LogP contribution in [-0.4, -0.2) is 11.5 Å². The molecule has 3 aromatic rings. The number of benzene rings is 1. The molecule has 2 aromatic heterocycles. The van der Waals surface area contributed by atoms with Crippen molar-refractivity contribution in [3.8, 4) is 0 Å². The number of hydrogen-bond acceptors (Lipinski definition) is 5. The van der Waals surface area contributed by atoms with E-state index in [9.17, 15) is 0 Å². The van der Waals surface area contributed by atoms with Gasteiger partial charge < -0.3 is 16.4 Å². The Morgan fingerprint density at radius 3 is 2.72 bits per heavy atom. The Morgan fingerprint density at radius 1 is 1.24 bits per heavy atom. The van der Waals surface area contributed by atoms with Gasteiger partial charge in [0.1, 0.15) is 5.82 Å². The average molecular weight is 403 g/mol.